The van der Waals surface area contributed by atoms with Crippen LogP contribution in [0.5, 0.6) is 0 Å². The highest BCUT2D eigenvalue weighted by molar-refractivity contribution is 6.12. The summed E-state index contributed by atoms with van der Waals surface area (Å²) < 4.78 is 17.0. The average Bonchev–Trinajstić information content (AvgIpc) is 3.19. The number of carbonyl (C=O) groups excluding carboxylic acids is 2. The number of aliphatic hydroxyl groups is 2. The predicted molar refractivity (Wildman–Crippen MR) is 120 cm³/mol. The molecule has 0 radical (unpaired) electrons. The number of carbonyl (C=O) groups is 2. The topological polar surface area (TPSA) is 174 Å². The minimum Gasteiger partial charge on any atom is -0.428 e. The van der Waals surface area contributed by atoms with Crippen molar-refractivity contribution >= 4 is 46.5 Å². The molecule has 4 N–H and O–H groups in total. The number of nitrogens with one attached hydrogen (secondary N) is 2. The number of hydrogen-bond acceptors (Lipinski definition) is 11. The molecule has 1 saturated heterocycles. The van der Waals surface area contributed by atoms with E-state index in [1.807, 2.05) is 0 Å². The van der Waals surface area contributed by atoms with E-state index in [2.05, 4.69) is 20.6 Å². The molecule has 2 aliphatic heterocycles. The van der Waals surface area contributed by atoms with Crippen LogP contribution in [-0.2, 0) is 19.0 Å². The molecule has 182 valence electrons. The second kappa shape index (κ2) is 8.66. The maximum atomic E-state index is 12.3. The molecule has 1 fully saturated rings. The number of aliphatic hydroxyl groups excluding tert-OH is 1. The molecule has 13 heteroatoms. The van der Waals surface area contributed by atoms with Crippen LogP contribution in [0.3, 0.4) is 0 Å². The summed E-state index contributed by atoms with van der Waals surface area (Å²) in [4.78, 5) is 44.5. The van der Waals surface area contributed by atoms with Crippen molar-refractivity contribution in [3.05, 3.63) is 22.6 Å². The molecule has 0 bridgehead atoms. The number of aromatic nitrogens is 2. The summed E-state index contributed by atoms with van der Waals surface area (Å²) in [5.41, 5.74) is -2.26. The first-order valence-electron chi connectivity index (χ1n) is 10.6. The fraction of sp³-hybridized carbons (Fsp3) is 0.476. The van der Waals surface area contributed by atoms with Gasteiger partial charge in [-0.25, -0.2) is 9.79 Å². The zero-order valence-electron chi connectivity index (χ0n) is 18.9. The number of hydrogen-bond donors (Lipinski definition) is 4. The normalized spacial score (nSPS) is 25.3. The summed E-state index contributed by atoms with van der Waals surface area (Å²) in [6, 6.07) is 1.10. The van der Waals surface area contributed by atoms with Crippen molar-refractivity contribution in [2.24, 2.45) is 10.9 Å². The molecule has 1 amide bonds. The molecule has 2 aliphatic rings. The Kier molecular flexibility index (Phi) is 6.02. The molecule has 0 aromatic carbocycles. The average molecular weight is 475 g/mol. The van der Waals surface area contributed by atoms with Gasteiger partial charge in [0.1, 0.15) is 23.3 Å². The Morgan fingerprint density at radius 3 is 2.76 bits per heavy atom. The van der Waals surface area contributed by atoms with E-state index in [-0.39, 0.29) is 17.4 Å². The third-order valence-electron chi connectivity index (χ3n) is 5.65. The van der Waals surface area contributed by atoms with Crippen molar-refractivity contribution in [3.8, 4) is 0 Å². The summed E-state index contributed by atoms with van der Waals surface area (Å²) in [6.45, 7) is 5.74. The Morgan fingerprint density at radius 1 is 1.38 bits per heavy atom. The minimum atomic E-state index is -1.66. The van der Waals surface area contributed by atoms with Gasteiger partial charge in [-0.3, -0.25) is 14.9 Å². The molecule has 0 saturated carbocycles. The molecule has 4 rings (SSSR count). The first kappa shape index (κ1) is 23.6. The molecule has 13 nitrogen and oxygen atoms in total. The lowest BCUT2D eigenvalue weighted by atomic mass is 9.97. The van der Waals surface area contributed by atoms with Gasteiger partial charge in [0.25, 0.3) is 5.56 Å². The van der Waals surface area contributed by atoms with Crippen molar-refractivity contribution in [3.63, 3.8) is 0 Å². The van der Waals surface area contributed by atoms with Crippen molar-refractivity contribution < 1.29 is 34.0 Å². The van der Waals surface area contributed by atoms with Crippen LogP contribution in [-0.4, -0.2) is 62.8 Å². The second-order valence-electron chi connectivity index (χ2n) is 8.56. The van der Waals surface area contributed by atoms with Crippen molar-refractivity contribution in [1.29, 1.82) is 0 Å². The molecule has 2 unspecified atom stereocenters. The van der Waals surface area contributed by atoms with E-state index >= 15 is 0 Å². The number of esters is 1. The van der Waals surface area contributed by atoms with E-state index in [0.29, 0.717) is 16.6 Å². The van der Waals surface area contributed by atoms with Crippen LogP contribution in [0.4, 0.5) is 22.1 Å². The Hall–Kier alpha value is -3.55. The number of aliphatic imine (C=N–C) groups is 1. The van der Waals surface area contributed by atoms with Crippen molar-refractivity contribution in [1.82, 2.24) is 9.55 Å². The van der Waals surface area contributed by atoms with Crippen LogP contribution in [0.2, 0.25) is 0 Å². The highest BCUT2D eigenvalue weighted by Crippen LogP contribution is 2.45. The zero-order valence-corrected chi connectivity index (χ0v) is 18.9. The summed E-state index contributed by atoms with van der Waals surface area (Å²) in [7, 11) is 0. The largest absolute Gasteiger partial charge is 0.428 e. The first-order chi connectivity index (χ1) is 16.0. The van der Waals surface area contributed by atoms with E-state index in [9.17, 15) is 24.6 Å². The highest BCUT2D eigenvalue weighted by atomic mass is 16.7. The Bertz CT molecular complexity index is 1240. The van der Waals surface area contributed by atoms with Crippen molar-refractivity contribution in [2.75, 3.05) is 17.4 Å². The number of rotatable bonds is 5. The smallest absolute Gasteiger partial charge is 0.414 e. The van der Waals surface area contributed by atoms with Crippen LogP contribution < -0.4 is 16.2 Å². The van der Waals surface area contributed by atoms with Crippen molar-refractivity contribution in [2.45, 2.75) is 51.7 Å². The Labute approximate surface area is 193 Å². The van der Waals surface area contributed by atoms with Gasteiger partial charge in [0, 0.05) is 17.6 Å². The zero-order chi connectivity index (χ0) is 24.8. The number of amides is 1. The number of nitrogens with zero attached hydrogens (tertiary/aromatic N) is 3. The number of anilines is 2. The van der Waals surface area contributed by atoms with Crippen LogP contribution >= 0.6 is 0 Å². The van der Waals surface area contributed by atoms with E-state index in [1.54, 1.807) is 20.8 Å². The van der Waals surface area contributed by atoms with Gasteiger partial charge in [0.05, 0.1) is 29.4 Å². The van der Waals surface area contributed by atoms with E-state index < -0.39 is 48.5 Å². The molecule has 2 aromatic rings. The maximum Gasteiger partial charge on any atom is 0.414 e. The van der Waals surface area contributed by atoms with Gasteiger partial charge >= 0.3 is 12.1 Å². The second-order valence-corrected chi connectivity index (χ2v) is 8.56. The Morgan fingerprint density at radius 2 is 2.12 bits per heavy atom. The van der Waals surface area contributed by atoms with E-state index in [4.69, 9.17) is 14.2 Å². The van der Waals surface area contributed by atoms with Gasteiger partial charge in [-0.15, -0.1) is 0 Å². The quantitative estimate of drug-likeness (QED) is 0.363. The third-order valence-corrected chi connectivity index (χ3v) is 5.65. The lowest BCUT2D eigenvalue weighted by Gasteiger charge is -2.28. The molecule has 34 heavy (non-hydrogen) atoms. The lowest BCUT2D eigenvalue weighted by Crippen LogP contribution is -2.42. The van der Waals surface area contributed by atoms with Gasteiger partial charge in [-0.05, 0) is 13.8 Å². The SMILES string of the molecule is CC(C)C(=O)OCOC(=O)Nc1cc(=O)nc2c3c(n([C@@H]4OC(C)[C@@H](O)C4(C)O)cc13)N=CN2. The molecular formula is C21H25N5O8. The van der Waals surface area contributed by atoms with E-state index in [1.165, 1.54) is 24.0 Å². The first-order valence-corrected chi connectivity index (χ1v) is 10.6. The van der Waals surface area contributed by atoms with Gasteiger partial charge in [0.15, 0.2) is 6.23 Å². The predicted octanol–water partition coefficient (Wildman–Crippen LogP) is 1.22. The van der Waals surface area contributed by atoms with Gasteiger partial charge in [-0.1, -0.05) is 13.8 Å². The molecule has 0 spiro atoms. The van der Waals surface area contributed by atoms with E-state index in [0.717, 1.165) is 6.07 Å². The fourth-order valence-electron chi connectivity index (χ4n) is 3.86. The van der Waals surface area contributed by atoms with Gasteiger partial charge < -0.3 is 34.3 Å². The fourth-order valence-corrected chi connectivity index (χ4v) is 3.86. The molecule has 4 atom stereocenters. The molecular weight excluding hydrogens is 450 g/mol. The molecule has 2 aromatic heterocycles. The van der Waals surface area contributed by atoms with Crippen LogP contribution in [0.1, 0.15) is 33.9 Å². The minimum absolute atomic E-state index is 0.0454. The van der Waals surface area contributed by atoms with Crippen LogP contribution in [0, 0.1) is 5.92 Å². The highest BCUT2D eigenvalue weighted by Gasteiger charge is 2.52. The molecule has 0 aliphatic carbocycles. The summed E-state index contributed by atoms with van der Waals surface area (Å²) in [6.07, 6.45) is -0.960. The molecule has 4 heterocycles. The van der Waals surface area contributed by atoms with Crippen LogP contribution in [0.25, 0.3) is 10.8 Å². The van der Waals surface area contributed by atoms with Crippen LogP contribution in [0.15, 0.2) is 22.1 Å². The lowest BCUT2D eigenvalue weighted by molar-refractivity contribution is -0.155. The summed E-state index contributed by atoms with van der Waals surface area (Å²) in [5.74, 6) is -0.451. The monoisotopic (exact) mass is 475 g/mol. The summed E-state index contributed by atoms with van der Waals surface area (Å²) in [5, 5.41) is 27.2. The standard InChI is InChI=1S/C21H25N5O8/c1-9(2)18(29)32-8-33-20(30)24-12-5-13(27)25-16-14-11(12)6-26(17(14)23-7-22-16)19-21(4,31)15(28)10(3)34-19/h5-7,9-10,15,19,28,31H,8H2,1-4H3,(H,24,30)(H,22,23,25,27)/t10?,15-,19-,21?/m1/s1. The van der Waals surface area contributed by atoms with Gasteiger partial charge in [-0.2, -0.15) is 4.98 Å². The third kappa shape index (κ3) is 4.08. The number of ether oxygens (including phenoxy) is 3. The summed E-state index contributed by atoms with van der Waals surface area (Å²) >= 11 is 0. The Balaban J connectivity index is 1.73. The maximum absolute atomic E-state index is 12.3. The van der Waals surface area contributed by atoms with Gasteiger partial charge in [0.2, 0.25) is 6.79 Å².